The molecule has 1 saturated heterocycles. The third-order valence-corrected chi connectivity index (χ3v) is 7.11. The molecule has 0 aromatic carbocycles. The van der Waals surface area contributed by atoms with E-state index in [9.17, 15) is 39.6 Å². The summed E-state index contributed by atoms with van der Waals surface area (Å²) >= 11 is 0. The Morgan fingerprint density at radius 3 is 2.46 bits per heavy atom. The summed E-state index contributed by atoms with van der Waals surface area (Å²) in [6.07, 6.45) is -8.66. The highest BCUT2D eigenvalue weighted by atomic mass is 32.2. The third-order valence-electron chi connectivity index (χ3n) is 6.04. The number of piperidine rings is 1. The molecule has 0 bridgehead atoms. The van der Waals surface area contributed by atoms with Crippen LogP contribution in [0.15, 0.2) is 45.6 Å². The van der Waals surface area contributed by atoms with Crippen molar-refractivity contribution in [2.24, 2.45) is 5.92 Å². The van der Waals surface area contributed by atoms with Gasteiger partial charge in [0.15, 0.2) is 15.9 Å². The number of allylic oxidation sites excluding steroid dienone is 2. The van der Waals surface area contributed by atoms with Crippen molar-refractivity contribution in [2.75, 3.05) is 19.3 Å². The molecule has 2 heterocycles. The first-order chi connectivity index (χ1) is 15.9. The summed E-state index contributed by atoms with van der Waals surface area (Å²) < 4.78 is 111. The molecule has 1 amide bonds. The second-order valence-electron chi connectivity index (χ2n) is 8.57. The van der Waals surface area contributed by atoms with Crippen LogP contribution < -0.4 is 0 Å². The lowest BCUT2D eigenvalue weighted by Crippen LogP contribution is -2.36. The monoisotopic (exact) mass is 528 g/mol. The fourth-order valence-corrected chi connectivity index (χ4v) is 4.23. The van der Waals surface area contributed by atoms with Crippen LogP contribution in [0.1, 0.15) is 31.7 Å². The van der Waals surface area contributed by atoms with Gasteiger partial charge < -0.3 is 14.2 Å². The van der Waals surface area contributed by atoms with Crippen molar-refractivity contribution in [3.05, 3.63) is 52.5 Å². The number of aromatic nitrogens is 1. The second-order valence-corrected chi connectivity index (χ2v) is 10.6. The van der Waals surface area contributed by atoms with E-state index in [1.807, 2.05) is 0 Å². The Morgan fingerprint density at radius 2 is 1.97 bits per heavy atom. The number of amides is 1. The van der Waals surface area contributed by atoms with E-state index < -0.39 is 61.6 Å². The van der Waals surface area contributed by atoms with Gasteiger partial charge in [-0.2, -0.15) is 26.3 Å². The van der Waals surface area contributed by atoms with Gasteiger partial charge in [-0.15, -0.1) is 0 Å². The van der Waals surface area contributed by atoms with E-state index in [4.69, 9.17) is 4.74 Å². The first kappa shape index (κ1) is 26.8. The smallest absolute Gasteiger partial charge is 0.452 e. The minimum Gasteiger partial charge on any atom is -0.481 e. The summed E-state index contributed by atoms with van der Waals surface area (Å²) in [6, 6.07) is 0.766. The minimum atomic E-state index is -4.77. The normalized spacial score (nSPS) is 24.3. The standard InChI is InChI=1S/C21H22F6N2O5S/c1-5-15(33-12(3)20(22,23)24)14(6-11(2)35(4,31)32)18(30)29-9-13-8-19(13,10-29)16-7-17(34-28-16)21(25,26)27/h5-7,12-13H,2,8-10H2,1,3-4H3/b14-6+,15-5+/t12-,13?,19?/m1/s1. The molecule has 194 valence electrons. The minimum absolute atomic E-state index is 0.0180. The van der Waals surface area contributed by atoms with E-state index in [1.165, 1.54) is 11.8 Å². The SMILES string of the molecule is C=C(/C=C(C(=O)N1CC2CC2(c2cc(C(F)(F)F)on2)C1)\C(=C/C)O[C@H](C)C(F)(F)F)S(C)(=O)=O. The molecule has 0 radical (unpaired) electrons. The fourth-order valence-electron chi connectivity index (χ4n) is 3.90. The van der Waals surface area contributed by atoms with E-state index in [0.29, 0.717) is 6.42 Å². The van der Waals surface area contributed by atoms with Gasteiger partial charge in [-0.05, 0) is 38.3 Å². The van der Waals surface area contributed by atoms with Crippen LogP contribution in [-0.2, 0) is 31.0 Å². The molecule has 2 fully saturated rings. The van der Waals surface area contributed by atoms with Crippen molar-refractivity contribution in [1.82, 2.24) is 10.1 Å². The van der Waals surface area contributed by atoms with E-state index in [2.05, 4.69) is 16.3 Å². The molecule has 1 aromatic rings. The summed E-state index contributed by atoms with van der Waals surface area (Å²) in [4.78, 5) is 14.0. The van der Waals surface area contributed by atoms with Crippen molar-refractivity contribution >= 4 is 15.7 Å². The van der Waals surface area contributed by atoms with Crippen LogP contribution in [0.25, 0.3) is 0 Å². The van der Waals surface area contributed by atoms with Gasteiger partial charge in [0.1, 0.15) is 5.76 Å². The topological polar surface area (TPSA) is 89.7 Å². The molecular weight excluding hydrogens is 506 g/mol. The van der Waals surface area contributed by atoms with Gasteiger partial charge in [0, 0.05) is 30.8 Å². The lowest BCUT2D eigenvalue weighted by Gasteiger charge is -2.25. The number of alkyl halides is 6. The molecule has 3 rings (SSSR count). The highest BCUT2D eigenvalue weighted by Crippen LogP contribution is 2.59. The number of nitrogens with zero attached hydrogens (tertiary/aromatic N) is 2. The Hall–Kier alpha value is -2.77. The number of sulfone groups is 1. The Bertz CT molecular complexity index is 1200. The third kappa shape index (κ3) is 5.41. The maximum Gasteiger partial charge on any atom is 0.452 e. The van der Waals surface area contributed by atoms with E-state index in [0.717, 1.165) is 31.4 Å². The van der Waals surface area contributed by atoms with Crippen molar-refractivity contribution in [2.45, 2.75) is 44.1 Å². The highest BCUT2D eigenvalue weighted by molar-refractivity contribution is 7.94. The maximum atomic E-state index is 13.3. The van der Waals surface area contributed by atoms with Crippen LogP contribution in [0.2, 0.25) is 0 Å². The molecule has 7 nitrogen and oxygen atoms in total. The molecule has 1 aliphatic carbocycles. The summed E-state index contributed by atoms with van der Waals surface area (Å²) in [5.41, 5.74) is -1.35. The fraction of sp³-hybridized carbons (Fsp3) is 0.524. The molecule has 1 saturated carbocycles. The van der Waals surface area contributed by atoms with Crippen LogP contribution in [0.4, 0.5) is 26.3 Å². The average molecular weight is 528 g/mol. The number of rotatable bonds is 7. The average Bonchev–Trinajstić information content (AvgIpc) is 3.08. The van der Waals surface area contributed by atoms with Gasteiger partial charge in [-0.3, -0.25) is 4.79 Å². The highest BCUT2D eigenvalue weighted by Gasteiger charge is 2.64. The Kier molecular flexibility index (Phi) is 6.68. The Labute approximate surface area is 197 Å². The predicted octanol–water partition coefficient (Wildman–Crippen LogP) is 4.15. The molecular formula is C21H22F6N2O5S. The van der Waals surface area contributed by atoms with Crippen LogP contribution in [0, 0.1) is 5.92 Å². The van der Waals surface area contributed by atoms with Crippen molar-refractivity contribution in [3.63, 3.8) is 0 Å². The summed E-state index contributed by atoms with van der Waals surface area (Å²) in [5, 5.41) is 3.51. The van der Waals surface area contributed by atoms with Gasteiger partial charge >= 0.3 is 12.4 Å². The molecule has 0 spiro atoms. The first-order valence-electron chi connectivity index (χ1n) is 10.2. The first-order valence-corrected chi connectivity index (χ1v) is 12.1. The lowest BCUT2D eigenvalue weighted by molar-refractivity contribution is -0.202. The molecule has 1 aromatic heterocycles. The van der Waals surface area contributed by atoms with Gasteiger partial charge in [0.2, 0.25) is 5.76 Å². The van der Waals surface area contributed by atoms with E-state index in [1.54, 1.807) is 0 Å². The summed E-state index contributed by atoms with van der Waals surface area (Å²) in [5.74, 6) is -2.91. The predicted molar refractivity (Wildman–Crippen MR) is 110 cm³/mol. The van der Waals surface area contributed by atoms with Gasteiger partial charge in [-0.25, -0.2) is 8.42 Å². The molecule has 35 heavy (non-hydrogen) atoms. The van der Waals surface area contributed by atoms with Crippen molar-refractivity contribution in [3.8, 4) is 0 Å². The quantitative estimate of drug-likeness (QED) is 0.229. The maximum absolute atomic E-state index is 13.3. The van der Waals surface area contributed by atoms with Gasteiger partial charge in [0.25, 0.3) is 5.91 Å². The van der Waals surface area contributed by atoms with Crippen LogP contribution in [-0.4, -0.2) is 56.0 Å². The second kappa shape index (κ2) is 8.71. The van der Waals surface area contributed by atoms with E-state index in [-0.39, 0.29) is 24.7 Å². The number of ether oxygens (including phenoxy) is 1. The number of hydrogen-bond acceptors (Lipinski definition) is 6. The number of halogens is 6. The van der Waals surface area contributed by atoms with Crippen molar-refractivity contribution < 1.29 is 48.8 Å². The zero-order valence-electron chi connectivity index (χ0n) is 18.8. The Balaban J connectivity index is 1.91. The lowest BCUT2D eigenvalue weighted by atomic mass is 10.0. The van der Waals surface area contributed by atoms with E-state index >= 15 is 0 Å². The molecule has 0 N–H and O–H groups in total. The molecule has 2 unspecified atom stereocenters. The Morgan fingerprint density at radius 1 is 1.34 bits per heavy atom. The number of hydrogen-bond donors (Lipinski definition) is 0. The van der Waals surface area contributed by atoms with Crippen LogP contribution in [0.5, 0.6) is 0 Å². The van der Waals surface area contributed by atoms with Gasteiger partial charge in [-0.1, -0.05) is 11.7 Å². The molecule has 1 aliphatic heterocycles. The summed E-state index contributed by atoms with van der Waals surface area (Å²) in [6.45, 7) is 5.37. The molecule has 2 aliphatic rings. The van der Waals surface area contributed by atoms with Crippen LogP contribution >= 0.6 is 0 Å². The number of fused-ring (bicyclic) bond motifs is 1. The van der Waals surface area contributed by atoms with Crippen LogP contribution in [0.3, 0.4) is 0 Å². The largest absolute Gasteiger partial charge is 0.481 e. The number of likely N-dealkylation sites (tertiary alicyclic amines) is 1. The molecule has 14 heteroatoms. The number of carbonyl (C=O) groups is 1. The number of carbonyl (C=O) groups excluding carboxylic acids is 1. The summed E-state index contributed by atoms with van der Waals surface area (Å²) in [7, 11) is -3.90. The van der Waals surface area contributed by atoms with Gasteiger partial charge in [0.05, 0.1) is 16.2 Å². The zero-order chi connectivity index (χ0) is 26.6. The zero-order valence-corrected chi connectivity index (χ0v) is 19.6. The van der Waals surface area contributed by atoms with Crippen molar-refractivity contribution in [1.29, 1.82) is 0 Å². The molecule has 3 atom stereocenters.